The highest BCUT2D eigenvalue weighted by Crippen LogP contribution is 2.38. The summed E-state index contributed by atoms with van der Waals surface area (Å²) in [6.45, 7) is 0.312. The molecule has 0 bridgehead atoms. The molecule has 0 radical (unpaired) electrons. The van der Waals surface area contributed by atoms with Gasteiger partial charge in [-0.25, -0.2) is 4.79 Å². The van der Waals surface area contributed by atoms with Crippen molar-refractivity contribution in [3.05, 3.63) is 89.3 Å². The minimum Gasteiger partial charge on any atom is -0.486 e. The fourth-order valence-corrected chi connectivity index (χ4v) is 3.99. The third kappa shape index (κ3) is 3.07. The van der Waals surface area contributed by atoms with Crippen molar-refractivity contribution in [1.29, 1.82) is 0 Å². The number of thiophene rings is 1. The molecule has 0 fully saturated rings. The summed E-state index contributed by atoms with van der Waals surface area (Å²) in [6.07, 6.45) is 0. The Balaban J connectivity index is 1.70. The van der Waals surface area contributed by atoms with Crippen LogP contribution in [0.15, 0.2) is 78.9 Å². The van der Waals surface area contributed by atoms with Crippen molar-refractivity contribution in [2.45, 2.75) is 6.61 Å². The van der Waals surface area contributed by atoms with Gasteiger partial charge in [0.15, 0.2) is 10.6 Å². The molecule has 3 nitrogen and oxygen atoms in total. The van der Waals surface area contributed by atoms with E-state index < -0.39 is 5.97 Å². The van der Waals surface area contributed by atoms with E-state index in [9.17, 15) is 9.90 Å². The molecule has 0 saturated carbocycles. The second kappa shape index (κ2) is 7.02. The third-order valence-corrected chi connectivity index (χ3v) is 5.36. The molecule has 0 aliphatic rings. The molecule has 0 saturated heterocycles. The Hall–Kier alpha value is -3.11. The minimum atomic E-state index is -0.961. The zero-order valence-electron chi connectivity index (χ0n) is 13.9. The van der Waals surface area contributed by atoms with Crippen molar-refractivity contribution in [1.82, 2.24) is 0 Å². The number of benzene rings is 3. The molecule has 0 aliphatic carbocycles. The van der Waals surface area contributed by atoms with E-state index in [1.54, 1.807) is 0 Å². The molecular weight excluding hydrogens is 344 g/mol. The number of carboxylic acid groups (broad SMARTS) is 1. The zero-order valence-corrected chi connectivity index (χ0v) is 14.7. The van der Waals surface area contributed by atoms with Gasteiger partial charge in [-0.15, -0.1) is 11.3 Å². The number of fused-ring (bicyclic) bond motifs is 1. The van der Waals surface area contributed by atoms with Crippen LogP contribution in [0.2, 0.25) is 0 Å². The molecule has 1 N–H and O–H groups in total. The van der Waals surface area contributed by atoms with Crippen LogP contribution in [-0.2, 0) is 6.61 Å². The highest BCUT2D eigenvalue weighted by molar-refractivity contribution is 7.21. The van der Waals surface area contributed by atoms with Crippen LogP contribution in [0, 0.1) is 0 Å². The summed E-state index contributed by atoms with van der Waals surface area (Å²) in [6, 6.07) is 25.7. The van der Waals surface area contributed by atoms with Crippen LogP contribution in [0.1, 0.15) is 15.2 Å². The summed E-state index contributed by atoms with van der Waals surface area (Å²) in [7, 11) is 0. The molecule has 1 heterocycles. The van der Waals surface area contributed by atoms with E-state index >= 15 is 0 Å². The molecule has 0 spiro atoms. The van der Waals surface area contributed by atoms with Crippen LogP contribution < -0.4 is 4.74 Å². The number of carboxylic acids is 1. The fraction of sp³-hybridized carbons (Fsp3) is 0.0455. The van der Waals surface area contributed by atoms with Crippen molar-refractivity contribution in [2.75, 3.05) is 0 Å². The van der Waals surface area contributed by atoms with Crippen molar-refractivity contribution in [3.8, 4) is 16.9 Å². The summed E-state index contributed by atoms with van der Waals surface area (Å²) in [5.74, 6) is -0.515. The first-order valence-corrected chi connectivity index (χ1v) is 9.06. The van der Waals surface area contributed by atoms with Crippen LogP contribution in [0.25, 0.3) is 21.2 Å². The average Bonchev–Trinajstić information content (AvgIpc) is 3.06. The van der Waals surface area contributed by atoms with Crippen LogP contribution in [0.4, 0.5) is 0 Å². The van der Waals surface area contributed by atoms with Gasteiger partial charge in [0, 0.05) is 10.1 Å². The average molecular weight is 360 g/mol. The predicted octanol–water partition coefficient (Wildman–Crippen LogP) is 5.85. The predicted molar refractivity (Wildman–Crippen MR) is 105 cm³/mol. The highest BCUT2D eigenvalue weighted by Gasteiger charge is 2.19. The first kappa shape index (κ1) is 16.4. The zero-order chi connectivity index (χ0) is 17.9. The maximum atomic E-state index is 11.6. The number of rotatable bonds is 5. The molecular formula is C22H16O3S. The Labute approximate surface area is 155 Å². The Kier molecular flexibility index (Phi) is 4.42. The highest BCUT2D eigenvalue weighted by atomic mass is 32.1. The minimum absolute atomic E-state index is 0.239. The maximum absolute atomic E-state index is 11.6. The summed E-state index contributed by atoms with van der Waals surface area (Å²) >= 11 is 1.24. The molecule has 4 heteroatoms. The number of carbonyl (C=O) groups is 1. The van der Waals surface area contributed by atoms with Gasteiger partial charge in [-0.3, -0.25) is 0 Å². The van der Waals surface area contributed by atoms with Gasteiger partial charge in [0.2, 0.25) is 0 Å². The quantitative estimate of drug-likeness (QED) is 0.486. The molecule has 0 amide bonds. The number of aromatic carboxylic acids is 1. The van der Waals surface area contributed by atoms with E-state index in [2.05, 4.69) is 18.2 Å². The van der Waals surface area contributed by atoms with E-state index in [1.165, 1.54) is 11.3 Å². The van der Waals surface area contributed by atoms with Gasteiger partial charge in [0.1, 0.15) is 6.61 Å². The van der Waals surface area contributed by atoms with E-state index in [1.807, 2.05) is 60.7 Å². The van der Waals surface area contributed by atoms with Gasteiger partial charge in [-0.2, -0.15) is 0 Å². The van der Waals surface area contributed by atoms with Crippen LogP contribution in [-0.4, -0.2) is 11.1 Å². The van der Waals surface area contributed by atoms with Crippen molar-refractivity contribution < 1.29 is 14.6 Å². The van der Waals surface area contributed by atoms with Gasteiger partial charge in [-0.1, -0.05) is 66.7 Å². The second-order valence-electron chi connectivity index (χ2n) is 5.87. The van der Waals surface area contributed by atoms with Crippen LogP contribution in [0.3, 0.4) is 0 Å². The molecule has 128 valence electrons. The molecule has 0 aliphatic heterocycles. The largest absolute Gasteiger partial charge is 0.486 e. The van der Waals surface area contributed by atoms with Gasteiger partial charge < -0.3 is 9.84 Å². The monoisotopic (exact) mass is 360 g/mol. The van der Waals surface area contributed by atoms with E-state index in [4.69, 9.17) is 4.74 Å². The lowest BCUT2D eigenvalue weighted by Crippen LogP contribution is -2.01. The van der Waals surface area contributed by atoms with Gasteiger partial charge in [0.25, 0.3) is 0 Å². The molecule has 3 aromatic carbocycles. The van der Waals surface area contributed by atoms with E-state index in [-0.39, 0.29) is 4.88 Å². The first-order chi connectivity index (χ1) is 12.7. The fourth-order valence-electron chi connectivity index (χ4n) is 3.00. The third-order valence-electron chi connectivity index (χ3n) is 4.22. The lowest BCUT2D eigenvalue weighted by atomic mass is 10.0. The second-order valence-corrected chi connectivity index (χ2v) is 6.93. The Morgan fingerprint density at radius 3 is 2.38 bits per heavy atom. The summed E-state index contributed by atoms with van der Waals surface area (Å²) in [4.78, 5) is 11.9. The Morgan fingerprint density at radius 2 is 1.58 bits per heavy atom. The van der Waals surface area contributed by atoms with Crippen LogP contribution in [0.5, 0.6) is 5.75 Å². The van der Waals surface area contributed by atoms with Crippen molar-refractivity contribution in [3.63, 3.8) is 0 Å². The van der Waals surface area contributed by atoms with Crippen molar-refractivity contribution in [2.24, 2.45) is 0 Å². The van der Waals surface area contributed by atoms with Gasteiger partial charge in [-0.05, 0) is 28.8 Å². The number of ether oxygens (including phenoxy) is 1. The summed E-state index contributed by atoms with van der Waals surface area (Å²) in [5.41, 5.74) is 3.22. The van der Waals surface area contributed by atoms with E-state index in [0.29, 0.717) is 12.4 Å². The number of hydrogen-bond acceptors (Lipinski definition) is 3. The standard InChI is InChI=1S/C22H16O3S/c23-22(24)21-20(18-12-6-7-13-19(18)26-21)25-14-16-10-4-5-11-17(16)15-8-2-1-3-9-15/h1-13H,14H2,(H,23,24). The van der Waals surface area contributed by atoms with Crippen molar-refractivity contribution >= 4 is 27.4 Å². The molecule has 4 rings (SSSR count). The summed E-state index contributed by atoms with van der Waals surface area (Å²) in [5, 5.41) is 10.4. The molecule has 1 aromatic heterocycles. The molecule has 4 aromatic rings. The smallest absolute Gasteiger partial charge is 0.349 e. The topological polar surface area (TPSA) is 46.5 Å². The summed E-state index contributed by atoms with van der Waals surface area (Å²) < 4.78 is 6.94. The number of hydrogen-bond donors (Lipinski definition) is 1. The first-order valence-electron chi connectivity index (χ1n) is 8.25. The SMILES string of the molecule is O=C(O)c1sc2ccccc2c1OCc1ccccc1-c1ccccc1. The normalized spacial score (nSPS) is 10.8. The maximum Gasteiger partial charge on any atom is 0.349 e. The van der Waals surface area contributed by atoms with Gasteiger partial charge in [0.05, 0.1) is 0 Å². The Morgan fingerprint density at radius 1 is 0.885 bits per heavy atom. The van der Waals surface area contributed by atoms with Crippen LogP contribution >= 0.6 is 11.3 Å². The molecule has 0 unspecified atom stereocenters. The van der Waals surface area contributed by atoms with E-state index in [0.717, 1.165) is 26.8 Å². The Bertz CT molecular complexity index is 1070. The lowest BCUT2D eigenvalue weighted by molar-refractivity contribution is 0.0698. The molecule has 0 atom stereocenters. The lowest BCUT2D eigenvalue weighted by Gasteiger charge is -2.11. The van der Waals surface area contributed by atoms with Gasteiger partial charge >= 0.3 is 5.97 Å². The molecule has 26 heavy (non-hydrogen) atoms.